The summed E-state index contributed by atoms with van der Waals surface area (Å²) in [4.78, 5) is 6.85. The smallest absolute Gasteiger partial charge is 0.194 e. The number of rotatable bonds is 4. The van der Waals surface area contributed by atoms with E-state index in [9.17, 15) is 0 Å². The van der Waals surface area contributed by atoms with Crippen LogP contribution in [0.4, 0.5) is 0 Å². The minimum Gasteiger partial charge on any atom is -0.356 e. The third kappa shape index (κ3) is 6.03. The van der Waals surface area contributed by atoms with Gasteiger partial charge in [0.1, 0.15) is 6.54 Å². The van der Waals surface area contributed by atoms with Crippen LogP contribution in [0.15, 0.2) is 4.99 Å². The molecule has 0 aromatic rings. The Morgan fingerprint density at radius 2 is 2.21 bits per heavy atom. The molecular formula is C15H28IN3. The van der Waals surface area contributed by atoms with Gasteiger partial charge in [-0.15, -0.1) is 30.4 Å². The molecule has 1 rings (SSSR count). The second-order valence-electron chi connectivity index (χ2n) is 5.46. The summed E-state index contributed by atoms with van der Waals surface area (Å²) in [6.45, 7) is 10.3. The number of hydrogen-bond donors (Lipinski definition) is 1. The first-order chi connectivity index (χ1) is 8.65. The molecule has 1 aliphatic heterocycles. The Hall–Kier alpha value is -0.440. The van der Waals surface area contributed by atoms with Crippen LogP contribution in [-0.2, 0) is 0 Å². The van der Waals surface area contributed by atoms with E-state index in [2.05, 4.69) is 41.9 Å². The zero-order valence-corrected chi connectivity index (χ0v) is 14.9. The Morgan fingerprint density at radius 3 is 2.79 bits per heavy atom. The Labute approximate surface area is 135 Å². The predicted octanol–water partition coefficient (Wildman–Crippen LogP) is 3.11. The Balaban J connectivity index is 0.00000324. The summed E-state index contributed by atoms with van der Waals surface area (Å²) in [5.74, 6) is 3.57. The van der Waals surface area contributed by atoms with E-state index in [1.54, 1.807) is 0 Å². The summed E-state index contributed by atoms with van der Waals surface area (Å²) in [5, 5.41) is 3.35. The molecule has 1 atom stereocenters. The van der Waals surface area contributed by atoms with Crippen LogP contribution in [0.1, 0.15) is 46.5 Å². The lowest BCUT2D eigenvalue weighted by atomic mass is 9.78. The highest BCUT2D eigenvalue weighted by Crippen LogP contribution is 2.33. The van der Waals surface area contributed by atoms with Gasteiger partial charge in [0.15, 0.2) is 5.96 Å². The molecule has 0 aromatic heterocycles. The van der Waals surface area contributed by atoms with Crippen molar-refractivity contribution in [2.75, 3.05) is 26.2 Å². The topological polar surface area (TPSA) is 27.6 Å². The van der Waals surface area contributed by atoms with Gasteiger partial charge < -0.3 is 10.2 Å². The summed E-state index contributed by atoms with van der Waals surface area (Å²) in [5.41, 5.74) is 0.430. The molecule has 1 N–H and O–H groups in total. The molecule has 1 saturated heterocycles. The molecule has 0 bridgehead atoms. The van der Waals surface area contributed by atoms with Gasteiger partial charge in [-0.25, -0.2) is 4.99 Å². The van der Waals surface area contributed by atoms with Crippen molar-refractivity contribution in [3.63, 3.8) is 0 Å². The number of terminal acetylenes is 1. The van der Waals surface area contributed by atoms with E-state index in [1.807, 2.05) is 0 Å². The molecule has 110 valence electrons. The highest BCUT2D eigenvalue weighted by Gasteiger charge is 2.31. The number of nitrogens with one attached hydrogen (secondary N) is 1. The minimum absolute atomic E-state index is 0. The Kier molecular flexibility index (Phi) is 9.24. The average Bonchev–Trinajstić information content (AvgIpc) is 2.34. The van der Waals surface area contributed by atoms with E-state index < -0.39 is 0 Å². The molecule has 1 aliphatic rings. The number of guanidine groups is 1. The fourth-order valence-electron chi connectivity index (χ4n) is 2.85. The second kappa shape index (κ2) is 9.46. The molecule has 4 heteroatoms. The van der Waals surface area contributed by atoms with Gasteiger partial charge >= 0.3 is 0 Å². The molecule has 0 saturated carbocycles. The molecule has 1 unspecified atom stereocenters. The van der Waals surface area contributed by atoms with Gasteiger partial charge in [0, 0.05) is 19.6 Å². The summed E-state index contributed by atoms with van der Waals surface area (Å²) in [7, 11) is 0. The SMILES string of the molecule is C#CCN=C(NCC)N1CCCC(C)(CCC)C1.I. The number of aliphatic imine (C=N–C) groups is 1. The lowest BCUT2D eigenvalue weighted by Gasteiger charge is -2.42. The first-order valence-corrected chi connectivity index (χ1v) is 7.12. The largest absolute Gasteiger partial charge is 0.356 e. The predicted molar refractivity (Wildman–Crippen MR) is 94.0 cm³/mol. The normalized spacial score (nSPS) is 23.5. The monoisotopic (exact) mass is 377 g/mol. The molecule has 0 amide bonds. The van der Waals surface area contributed by atoms with Crippen LogP contribution in [0.25, 0.3) is 0 Å². The van der Waals surface area contributed by atoms with Crippen molar-refractivity contribution in [2.24, 2.45) is 10.4 Å². The van der Waals surface area contributed by atoms with Crippen molar-refractivity contribution in [3.8, 4) is 12.3 Å². The minimum atomic E-state index is 0. The van der Waals surface area contributed by atoms with Gasteiger partial charge in [0.2, 0.25) is 0 Å². The quantitative estimate of drug-likeness (QED) is 0.353. The van der Waals surface area contributed by atoms with Gasteiger partial charge in [0.25, 0.3) is 0 Å². The van der Waals surface area contributed by atoms with E-state index in [4.69, 9.17) is 6.42 Å². The first kappa shape index (κ1) is 18.6. The fraction of sp³-hybridized carbons (Fsp3) is 0.800. The van der Waals surface area contributed by atoms with E-state index >= 15 is 0 Å². The van der Waals surface area contributed by atoms with Crippen molar-refractivity contribution in [2.45, 2.75) is 46.5 Å². The lowest BCUT2D eigenvalue weighted by Crippen LogP contribution is -2.49. The average molecular weight is 377 g/mol. The number of likely N-dealkylation sites (tertiary alicyclic amines) is 1. The standard InChI is InChI=1S/C15H27N3.HI/c1-5-9-15(4)10-8-12-18(13-15)14(16-7-3)17-11-6-2;/h2H,5,7-13H2,1,3-4H3,(H,16,17);1H. The lowest BCUT2D eigenvalue weighted by molar-refractivity contribution is 0.142. The molecule has 1 heterocycles. The molecule has 0 aromatic carbocycles. The number of hydrogen-bond acceptors (Lipinski definition) is 1. The second-order valence-corrected chi connectivity index (χ2v) is 5.46. The summed E-state index contributed by atoms with van der Waals surface area (Å²) in [6, 6.07) is 0. The van der Waals surface area contributed by atoms with Gasteiger partial charge in [0.05, 0.1) is 0 Å². The number of piperidine rings is 1. The highest BCUT2D eigenvalue weighted by atomic mass is 127. The van der Waals surface area contributed by atoms with Crippen molar-refractivity contribution < 1.29 is 0 Å². The van der Waals surface area contributed by atoms with Crippen LogP contribution in [0.5, 0.6) is 0 Å². The third-order valence-electron chi connectivity index (χ3n) is 3.59. The molecule has 0 spiro atoms. The zero-order valence-electron chi connectivity index (χ0n) is 12.5. The number of halogens is 1. The van der Waals surface area contributed by atoms with Gasteiger partial charge in [-0.05, 0) is 31.6 Å². The fourth-order valence-corrected chi connectivity index (χ4v) is 2.85. The molecule has 0 aliphatic carbocycles. The highest BCUT2D eigenvalue weighted by molar-refractivity contribution is 14.0. The number of nitrogens with zero attached hydrogens (tertiary/aromatic N) is 2. The van der Waals surface area contributed by atoms with Crippen molar-refractivity contribution in [1.29, 1.82) is 0 Å². The molecule has 0 radical (unpaired) electrons. The van der Waals surface area contributed by atoms with Crippen LogP contribution in [0.2, 0.25) is 0 Å². The maximum atomic E-state index is 5.30. The first-order valence-electron chi connectivity index (χ1n) is 7.12. The van der Waals surface area contributed by atoms with Crippen LogP contribution in [0, 0.1) is 17.8 Å². The maximum absolute atomic E-state index is 5.30. The summed E-state index contributed by atoms with van der Waals surface area (Å²) < 4.78 is 0. The van der Waals surface area contributed by atoms with Gasteiger partial charge in [-0.3, -0.25) is 0 Å². The van der Waals surface area contributed by atoms with Crippen LogP contribution >= 0.6 is 24.0 Å². The Bertz CT molecular complexity index is 318. The zero-order chi connectivity index (χ0) is 13.4. The van der Waals surface area contributed by atoms with E-state index in [-0.39, 0.29) is 24.0 Å². The van der Waals surface area contributed by atoms with Crippen molar-refractivity contribution in [1.82, 2.24) is 10.2 Å². The molecular weight excluding hydrogens is 349 g/mol. The Morgan fingerprint density at radius 1 is 1.47 bits per heavy atom. The van der Waals surface area contributed by atoms with Crippen LogP contribution in [-0.4, -0.2) is 37.0 Å². The van der Waals surface area contributed by atoms with Crippen LogP contribution in [0.3, 0.4) is 0 Å². The summed E-state index contributed by atoms with van der Waals surface area (Å²) >= 11 is 0. The van der Waals surface area contributed by atoms with E-state index in [0.717, 1.165) is 25.6 Å². The van der Waals surface area contributed by atoms with Gasteiger partial charge in [-0.1, -0.05) is 26.2 Å². The maximum Gasteiger partial charge on any atom is 0.194 e. The molecule has 3 nitrogen and oxygen atoms in total. The van der Waals surface area contributed by atoms with Crippen molar-refractivity contribution >= 4 is 29.9 Å². The third-order valence-corrected chi connectivity index (χ3v) is 3.59. The van der Waals surface area contributed by atoms with Gasteiger partial charge in [-0.2, -0.15) is 0 Å². The summed E-state index contributed by atoms with van der Waals surface area (Å²) in [6.07, 6.45) is 10.4. The molecule has 19 heavy (non-hydrogen) atoms. The van der Waals surface area contributed by atoms with E-state index in [1.165, 1.54) is 25.7 Å². The van der Waals surface area contributed by atoms with Crippen molar-refractivity contribution in [3.05, 3.63) is 0 Å². The molecule has 1 fully saturated rings. The van der Waals surface area contributed by atoms with E-state index in [0.29, 0.717) is 12.0 Å². The van der Waals surface area contributed by atoms with Crippen LogP contribution < -0.4 is 5.32 Å².